The second kappa shape index (κ2) is 5.71. The van der Waals surface area contributed by atoms with E-state index in [1.165, 1.54) is 0 Å². The minimum atomic E-state index is 0.543. The topological polar surface area (TPSA) is 30.5 Å². The normalized spacial score (nSPS) is 10.1. The van der Waals surface area contributed by atoms with E-state index in [2.05, 4.69) is 15.4 Å². The van der Waals surface area contributed by atoms with E-state index in [1.807, 2.05) is 37.3 Å². The van der Waals surface area contributed by atoms with Crippen molar-refractivity contribution < 1.29 is 9.88 Å². The van der Waals surface area contributed by atoms with Crippen LogP contribution in [0.15, 0.2) is 30.3 Å². The van der Waals surface area contributed by atoms with Crippen LogP contribution in [0.3, 0.4) is 0 Å². The van der Waals surface area contributed by atoms with Crippen LogP contribution < -0.4 is 5.48 Å². The van der Waals surface area contributed by atoms with Gasteiger partial charge in [0.2, 0.25) is 0 Å². The standard InChI is InChI=1S/C9H13NO2/c1-2-11-12-10-8-9-6-4-3-5-7-9/h3-7,10H,2,8H2,1H3. The lowest BCUT2D eigenvalue weighted by atomic mass is 10.2. The highest BCUT2D eigenvalue weighted by Gasteiger charge is 1.89. The van der Waals surface area contributed by atoms with Crippen LogP contribution in [0, 0.1) is 0 Å². The zero-order chi connectivity index (χ0) is 8.65. The van der Waals surface area contributed by atoms with Gasteiger partial charge in [-0.2, -0.15) is 5.48 Å². The molecule has 0 saturated carbocycles. The van der Waals surface area contributed by atoms with Gasteiger partial charge in [-0.3, -0.25) is 0 Å². The maximum absolute atomic E-state index is 4.64. The monoisotopic (exact) mass is 167 g/mol. The highest BCUT2D eigenvalue weighted by Crippen LogP contribution is 1.96. The van der Waals surface area contributed by atoms with Crippen LogP contribution >= 0.6 is 0 Å². The maximum Gasteiger partial charge on any atom is 0.0814 e. The van der Waals surface area contributed by atoms with E-state index >= 15 is 0 Å². The van der Waals surface area contributed by atoms with Crippen molar-refractivity contribution in [2.75, 3.05) is 6.61 Å². The van der Waals surface area contributed by atoms with Gasteiger partial charge in [-0.25, -0.2) is 4.89 Å². The van der Waals surface area contributed by atoms with Crippen molar-refractivity contribution in [2.45, 2.75) is 13.5 Å². The Labute approximate surface area is 72.2 Å². The third-order valence-corrected chi connectivity index (χ3v) is 1.35. The molecule has 3 heteroatoms. The first kappa shape index (κ1) is 9.19. The lowest BCUT2D eigenvalue weighted by Crippen LogP contribution is -2.14. The smallest absolute Gasteiger partial charge is 0.0814 e. The zero-order valence-corrected chi connectivity index (χ0v) is 7.12. The number of hydrogen-bond acceptors (Lipinski definition) is 3. The van der Waals surface area contributed by atoms with Crippen LogP contribution in [0.25, 0.3) is 0 Å². The van der Waals surface area contributed by atoms with Crippen molar-refractivity contribution in [3.05, 3.63) is 35.9 Å². The third-order valence-electron chi connectivity index (χ3n) is 1.35. The van der Waals surface area contributed by atoms with E-state index in [1.54, 1.807) is 0 Å². The van der Waals surface area contributed by atoms with E-state index in [0.717, 1.165) is 5.56 Å². The van der Waals surface area contributed by atoms with Crippen LogP contribution in [-0.4, -0.2) is 6.61 Å². The summed E-state index contributed by atoms with van der Waals surface area (Å²) in [5, 5.41) is 0. The Morgan fingerprint density at radius 2 is 2.00 bits per heavy atom. The molecule has 0 spiro atoms. The predicted molar refractivity (Wildman–Crippen MR) is 46.0 cm³/mol. The lowest BCUT2D eigenvalue weighted by Gasteiger charge is -2.02. The fraction of sp³-hybridized carbons (Fsp3) is 0.333. The molecular weight excluding hydrogens is 154 g/mol. The number of rotatable bonds is 5. The molecule has 1 aromatic carbocycles. The van der Waals surface area contributed by atoms with E-state index in [4.69, 9.17) is 0 Å². The first-order chi connectivity index (χ1) is 5.93. The summed E-state index contributed by atoms with van der Waals surface area (Å²) in [4.78, 5) is 9.28. The van der Waals surface area contributed by atoms with E-state index in [0.29, 0.717) is 13.2 Å². The van der Waals surface area contributed by atoms with Gasteiger partial charge in [-0.05, 0) is 12.5 Å². The summed E-state index contributed by atoms with van der Waals surface area (Å²) >= 11 is 0. The predicted octanol–water partition coefficient (Wildman–Crippen LogP) is 1.66. The van der Waals surface area contributed by atoms with E-state index < -0.39 is 0 Å². The Balaban J connectivity index is 2.16. The molecule has 0 aliphatic carbocycles. The second-order valence-electron chi connectivity index (χ2n) is 2.30. The van der Waals surface area contributed by atoms with Crippen molar-refractivity contribution in [1.29, 1.82) is 0 Å². The average Bonchev–Trinajstić information content (AvgIpc) is 2.14. The average molecular weight is 167 g/mol. The van der Waals surface area contributed by atoms with Crippen molar-refractivity contribution in [2.24, 2.45) is 0 Å². The summed E-state index contributed by atoms with van der Waals surface area (Å²) < 4.78 is 0. The summed E-state index contributed by atoms with van der Waals surface area (Å²) in [5.74, 6) is 0. The molecule has 66 valence electrons. The molecule has 0 aliphatic heterocycles. The summed E-state index contributed by atoms with van der Waals surface area (Å²) in [7, 11) is 0. The zero-order valence-electron chi connectivity index (χ0n) is 7.12. The first-order valence-corrected chi connectivity index (χ1v) is 3.98. The van der Waals surface area contributed by atoms with E-state index in [-0.39, 0.29) is 0 Å². The van der Waals surface area contributed by atoms with E-state index in [9.17, 15) is 0 Å². The van der Waals surface area contributed by atoms with Crippen LogP contribution in [0.2, 0.25) is 0 Å². The molecule has 1 aromatic rings. The molecule has 0 fully saturated rings. The number of hydroxylamine groups is 1. The molecule has 3 nitrogen and oxygen atoms in total. The van der Waals surface area contributed by atoms with Crippen LogP contribution in [0.1, 0.15) is 12.5 Å². The van der Waals surface area contributed by atoms with Crippen molar-refractivity contribution in [1.82, 2.24) is 5.48 Å². The van der Waals surface area contributed by atoms with Gasteiger partial charge in [0.25, 0.3) is 0 Å². The molecule has 0 bridgehead atoms. The van der Waals surface area contributed by atoms with Gasteiger partial charge in [0.15, 0.2) is 0 Å². The number of hydrogen-bond donors (Lipinski definition) is 1. The minimum absolute atomic E-state index is 0.543. The van der Waals surface area contributed by atoms with Crippen LogP contribution in [-0.2, 0) is 16.4 Å². The third kappa shape index (κ3) is 3.48. The van der Waals surface area contributed by atoms with Gasteiger partial charge < -0.3 is 0 Å². The summed E-state index contributed by atoms with van der Waals surface area (Å²) in [5.41, 5.74) is 3.84. The van der Waals surface area contributed by atoms with Crippen molar-refractivity contribution in [3.8, 4) is 0 Å². The van der Waals surface area contributed by atoms with Crippen LogP contribution in [0.4, 0.5) is 0 Å². The molecule has 0 aliphatic rings. The molecule has 0 atom stereocenters. The first-order valence-electron chi connectivity index (χ1n) is 3.98. The lowest BCUT2D eigenvalue weighted by molar-refractivity contribution is -0.335. The second-order valence-corrected chi connectivity index (χ2v) is 2.30. The Bertz CT molecular complexity index is 201. The molecular formula is C9H13NO2. The fourth-order valence-electron chi connectivity index (χ4n) is 0.809. The Kier molecular flexibility index (Phi) is 4.37. The largest absolute Gasteiger partial charge is 0.218 e. The van der Waals surface area contributed by atoms with Crippen LogP contribution in [0.5, 0.6) is 0 Å². The molecule has 0 radical (unpaired) electrons. The summed E-state index contributed by atoms with van der Waals surface area (Å²) in [6.07, 6.45) is 0. The minimum Gasteiger partial charge on any atom is -0.218 e. The fourth-order valence-corrected chi connectivity index (χ4v) is 0.809. The molecule has 12 heavy (non-hydrogen) atoms. The van der Waals surface area contributed by atoms with Crippen molar-refractivity contribution in [3.63, 3.8) is 0 Å². The molecule has 0 heterocycles. The molecule has 0 aromatic heterocycles. The Morgan fingerprint density at radius 1 is 1.25 bits per heavy atom. The quantitative estimate of drug-likeness (QED) is 0.411. The maximum atomic E-state index is 4.64. The molecule has 0 unspecified atom stereocenters. The van der Waals surface area contributed by atoms with Gasteiger partial charge in [-0.1, -0.05) is 30.3 Å². The highest BCUT2D eigenvalue weighted by atomic mass is 17.3. The van der Waals surface area contributed by atoms with Gasteiger partial charge in [0.05, 0.1) is 6.61 Å². The van der Waals surface area contributed by atoms with Gasteiger partial charge in [-0.15, -0.1) is 4.99 Å². The summed E-state index contributed by atoms with van der Waals surface area (Å²) in [6, 6.07) is 9.98. The molecule has 0 amide bonds. The summed E-state index contributed by atoms with van der Waals surface area (Å²) in [6.45, 7) is 3.06. The van der Waals surface area contributed by atoms with Crippen molar-refractivity contribution >= 4 is 0 Å². The Morgan fingerprint density at radius 3 is 2.67 bits per heavy atom. The number of nitrogens with one attached hydrogen (secondary N) is 1. The van der Waals surface area contributed by atoms with Gasteiger partial charge >= 0.3 is 0 Å². The SMILES string of the molecule is CCOONCc1ccccc1. The van der Waals surface area contributed by atoms with Gasteiger partial charge in [0, 0.05) is 6.54 Å². The molecule has 0 saturated heterocycles. The van der Waals surface area contributed by atoms with Gasteiger partial charge in [0.1, 0.15) is 0 Å². The highest BCUT2D eigenvalue weighted by molar-refractivity contribution is 5.13. The molecule has 1 N–H and O–H groups in total. The number of benzene rings is 1. The Hall–Kier alpha value is -0.900. The molecule has 1 rings (SSSR count).